The Labute approximate surface area is 148 Å². The largest absolute Gasteiger partial charge is 0.493 e. The van der Waals surface area contributed by atoms with Gasteiger partial charge < -0.3 is 24.3 Å². The molecule has 4 rings (SSSR count). The molecular weight excluding hydrogens is 320 g/mol. The van der Waals surface area contributed by atoms with Gasteiger partial charge in [0, 0.05) is 38.3 Å². The van der Waals surface area contributed by atoms with E-state index >= 15 is 0 Å². The normalized spacial score (nSPS) is 27.2. The van der Waals surface area contributed by atoms with Gasteiger partial charge in [0.25, 0.3) is 0 Å². The van der Waals surface area contributed by atoms with Crippen molar-refractivity contribution in [2.75, 3.05) is 66.3 Å². The maximum Gasteiger partial charge on any atom is 0.168 e. The lowest BCUT2D eigenvalue weighted by Gasteiger charge is -2.42. The molecule has 0 radical (unpaired) electrons. The number of methoxy groups -OCH3 is 1. The molecule has 0 bridgehead atoms. The Hall–Kier alpha value is -1.60. The summed E-state index contributed by atoms with van der Waals surface area (Å²) in [6.45, 7) is 7.20. The number of hydrogen-bond acceptors (Lipinski definition) is 6. The molecule has 3 aliphatic heterocycles. The minimum Gasteiger partial charge on any atom is -0.493 e. The summed E-state index contributed by atoms with van der Waals surface area (Å²) in [7, 11) is 1.67. The van der Waals surface area contributed by atoms with Crippen LogP contribution in [0.2, 0.25) is 0 Å². The van der Waals surface area contributed by atoms with Gasteiger partial charge in [0.2, 0.25) is 0 Å². The Balaban J connectivity index is 1.46. The molecule has 1 atom stereocenters. The highest BCUT2D eigenvalue weighted by Crippen LogP contribution is 2.35. The molecule has 0 aliphatic carbocycles. The molecule has 136 valence electrons. The van der Waals surface area contributed by atoms with Gasteiger partial charge in [-0.3, -0.25) is 4.90 Å². The van der Waals surface area contributed by atoms with Crippen molar-refractivity contribution in [2.45, 2.75) is 5.60 Å². The molecule has 3 heterocycles. The molecule has 2 saturated heterocycles. The van der Waals surface area contributed by atoms with E-state index in [1.165, 1.54) is 5.57 Å². The summed E-state index contributed by atoms with van der Waals surface area (Å²) >= 11 is 0. The number of ether oxygens (including phenoxy) is 4. The van der Waals surface area contributed by atoms with Crippen LogP contribution in [0.4, 0.5) is 0 Å². The van der Waals surface area contributed by atoms with Crippen LogP contribution in [-0.2, 0) is 9.47 Å². The molecule has 0 saturated carbocycles. The topological polar surface area (TPSA) is 52.2 Å². The molecule has 6 nitrogen and oxygen atoms in total. The van der Waals surface area contributed by atoms with Gasteiger partial charge in [0.05, 0.1) is 26.9 Å². The van der Waals surface area contributed by atoms with E-state index in [4.69, 9.17) is 18.9 Å². The fraction of sp³-hybridized carbons (Fsp3) is 0.579. The summed E-state index contributed by atoms with van der Waals surface area (Å²) in [6, 6.07) is 6.00. The van der Waals surface area contributed by atoms with Crippen LogP contribution in [-0.4, -0.2) is 76.8 Å². The predicted molar refractivity (Wildman–Crippen MR) is 95.3 cm³/mol. The lowest BCUT2D eigenvalue weighted by molar-refractivity contribution is -0.132. The van der Waals surface area contributed by atoms with Gasteiger partial charge in [0.1, 0.15) is 12.2 Å². The van der Waals surface area contributed by atoms with Crippen LogP contribution in [0, 0.1) is 0 Å². The molecule has 1 N–H and O–H groups in total. The van der Waals surface area contributed by atoms with Crippen LogP contribution in [0.25, 0.3) is 6.08 Å². The minimum atomic E-state index is -0.230. The monoisotopic (exact) mass is 346 g/mol. The predicted octanol–water partition coefficient (Wildman–Crippen LogP) is 1.16. The van der Waals surface area contributed by atoms with Crippen LogP contribution in [0.5, 0.6) is 11.5 Å². The van der Waals surface area contributed by atoms with E-state index in [0.29, 0.717) is 13.2 Å². The van der Waals surface area contributed by atoms with Crippen molar-refractivity contribution >= 4 is 6.08 Å². The number of benzene rings is 1. The zero-order valence-corrected chi connectivity index (χ0v) is 14.8. The van der Waals surface area contributed by atoms with Crippen LogP contribution >= 0.6 is 0 Å². The van der Waals surface area contributed by atoms with E-state index in [-0.39, 0.29) is 5.60 Å². The number of nitrogens with zero attached hydrogens (tertiary/aromatic N) is 1. The quantitative estimate of drug-likeness (QED) is 0.887. The number of para-hydroxylation sites is 1. The molecule has 2 fully saturated rings. The van der Waals surface area contributed by atoms with Gasteiger partial charge >= 0.3 is 0 Å². The number of nitrogens with one attached hydrogen (secondary N) is 1. The Bertz CT molecular complexity index is 638. The smallest absolute Gasteiger partial charge is 0.168 e. The van der Waals surface area contributed by atoms with E-state index in [1.807, 2.05) is 12.1 Å². The zero-order valence-electron chi connectivity index (χ0n) is 14.8. The highest BCUT2D eigenvalue weighted by atomic mass is 16.5. The molecule has 1 unspecified atom stereocenters. The Morgan fingerprint density at radius 2 is 2.28 bits per heavy atom. The first kappa shape index (κ1) is 16.8. The first-order valence-corrected chi connectivity index (χ1v) is 8.92. The Morgan fingerprint density at radius 3 is 3.20 bits per heavy atom. The highest BCUT2D eigenvalue weighted by molar-refractivity contribution is 5.66. The summed E-state index contributed by atoms with van der Waals surface area (Å²) in [6.07, 6.45) is 2.23. The van der Waals surface area contributed by atoms with Gasteiger partial charge in [-0.1, -0.05) is 12.1 Å². The molecular formula is C19H26N2O4. The van der Waals surface area contributed by atoms with Crippen molar-refractivity contribution in [3.63, 3.8) is 0 Å². The average molecular weight is 346 g/mol. The van der Waals surface area contributed by atoms with Crippen molar-refractivity contribution in [1.29, 1.82) is 0 Å². The Kier molecular flexibility index (Phi) is 4.94. The number of rotatable bonds is 3. The van der Waals surface area contributed by atoms with Crippen molar-refractivity contribution in [3.8, 4) is 11.5 Å². The van der Waals surface area contributed by atoms with E-state index in [2.05, 4.69) is 22.4 Å². The fourth-order valence-electron chi connectivity index (χ4n) is 3.79. The summed E-state index contributed by atoms with van der Waals surface area (Å²) in [5.41, 5.74) is 2.13. The van der Waals surface area contributed by atoms with Crippen molar-refractivity contribution in [1.82, 2.24) is 10.2 Å². The highest BCUT2D eigenvalue weighted by Gasteiger charge is 2.38. The molecule has 1 spiro atoms. The van der Waals surface area contributed by atoms with Crippen LogP contribution in [0.1, 0.15) is 5.56 Å². The second-order valence-electron chi connectivity index (χ2n) is 6.94. The molecule has 1 aromatic carbocycles. The van der Waals surface area contributed by atoms with Gasteiger partial charge in [-0.05, 0) is 17.7 Å². The number of morpholine rings is 1. The van der Waals surface area contributed by atoms with Gasteiger partial charge in [-0.2, -0.15) is 0 Å². The van der Waals surface area contributed by atoms with Gasteiger partial charge in [-0.25, -0.2) is 0 Å². The lowest BCUT2D eigenvalue weighted by atomic mass is 10.0. The SMILES string of the molecule is COc1cccc2c1OCC(CN1CCOC3(CNCCOC3)C1)=C2. The van der Waals surface area contributed by atoms with E-state index in [1.54, 1.807) is 7.11 Å². The lowest BCUT2D eigenvalue weighted by Crippen LogP contribution is -2.58. The fourth-order valence-corrected chi connectivity index (χ4v) is 3.79. The molecule has 0 aromatic heterocycles. The molecule has 1 aromatic rings. The standard InChI is InChI=1S/C19H26N2O4/c1-22-17-4-2-3-16-9-15(11-24-18(16)17)10-21-6-8-25-19(13-21)12-20-5-7-23-14-19/h2-4,9,20H,5-8,10-14H2,1H3. The molecule has 0 amide bonds. The van der Waals surface area contributed by atoms with Crippen molar-refractivity contribution in [2.24, 2.45) is 0 Å². The third-order valence-corrected chi connectivity index (χ3v) is 4.98. The summed E-state index contributed by atoms with van der Waals surface area (Å²) < 4.78 is 23.2. The van der Waals surface area contributed by atoms with Crippen molar-refractivity contribution in [3.05, 3.63) is 29.3 Å². The van der Waals surface area contributed by atoms with E-state index in [0.717, 1.165) is 63.0 Å². The van der Waals surface area contributed by atoms with E-state index in [9.17, 15) is 0 Å². The first-order chi connectivity index (χ1) is 12.3. The molecule has 25 heavy (non-hydrogen) atoms. The maximum atomic E-state index is 6.10. The number of fused-ring (bicyclic) bond motifs is 1. The summed E-state index contributed by atoms with van der Waals surface area (Å²) in [5, 5.41) is 3.43. The van der Waals surface area contributed by atoms with Gasteiger partial charge in [-0.15, -0.1) is 0 Å². The van der Waals surface area contributed by atoms with Crippen LogP contribution in [0.3, 0.4) is 0 Å². The molecule has 3 aliphatic rings. The van der Waals surface area contributed by atoms with Gasteiger partial charge in [0.15, 0.2) is 11.5 Å². The third-order valence-electron chi connectivity index (χ3n) is 4.98. The average Bonchev–Trinajstić information content (AvgIpc) is 2.86. The second-order valence-corrected chi connectivity index (χ2v) is 6.94. The second kappa shape index (κ2) is 7.33. The Morgan fingerprint density at radius 1 is 1.32 bits per heavy atom. The van der Waals surface area contributed by atoms with Crippen LogP contribution < -0.4 is 14.8 Å². The number of hydrogen-bond donors (Lipinski definition) is 1. The maximum absolute atomic E-state index is 6.10. The van der Waals surface area contributed by atoms with Crippen molar-refractivity contribution < 1.29 is 18.9 Å². The summed E-state index contributed by atoms with van der Waals surface area (Å²) in [5.74, 6) is 1.63. The molecule has 6 heteroatoms. The van der Waals surface area contributed by atoms with Crippen LogP contribution in [0.15, 0.2) is 23.8 Å². The minimum absolute atomic E-state index is 0.230. The first-order valence-electron chi connectivity index (χ1n) is 8.92. The van der Waals surface area contributed by atoms with E-state index < -0.39 is 0 Å². The zero-order chi connectivity index (χ0) is 17.1. The third kappa shape index (κ3) is 3.67. The summed E-state index contributed by atoms with van der Waals surface area (Å²) in [4.78, 5) is 2.44.